The van der Waals surface area contributed by atoms with E-state index in [0.717, 1.165) is 29.8 Å². The maximum Gasteiger partial charge on any atom is 0.161 e. The Bertz CT molecular complexity index is 986. The molecule has 0 spiro atoms. The lowest BCUT2D eigenvalue weighted by molar-refractivity contribution is 0.196. The van der Waals surface area contributed by atoms with Crippen LogP contribution >= 0.6 is 0 Å². The molecule has 1 aromatic heterocycles. The van der Waals surface area contributed by atoms with Crippen molar-refractivity contribution in [3.05, 3.63) is 77.1 Å². The van der Waals surface area contributed by atoms with Crippen molar-refractivity contribution < 1.29 is 13.9 Å². The number of halogens is 1. The molecule has 0 saturated carbocycles. The number of aryl methyl sites for hydroxylation is 1. The zero-order valence-electron chi connectivity index (χ0n) is 16.4. The summed E-state index contributed by atoms with van der Waals surface area (Å²) in [7, 11) is 5.24. The van der Waals surface area contributed by atoms with E-state index in [2.05, 4.69) is 9.88 Å². The van der Waals surface area contributed by atoms with Crippen molar-refractivity contribution in [3.63, 3.8) is 0 Å². The van der Waals surface area contributed by atoms with Crippen molar-refractivity contribution in [2.24, 2.45) is 7.05 Å². The number of methoxy groups -OCH3 is 2. The SMILES string of the molecule is COc1cc2c(cc1OC)C(c1ccccc1F)N(Cc1cncn1C)CC2. The van der Waals surface area contributed by atoms with Crippen LogP contribution in [0.5, 0.6) is 11.5 Å². The molecule has 5 nitrogen and oxygen atoms in total. The van der Waals surface area contributed by atoms with E-state index in [0.29, 0.717) is 23.6 Å². The molecule has 0 N–H and O–H groups in total. The van der Waals surface area contributed by atoms with Crippen LogP contribution in [0.15, 0.2) is 48.9 Å². The summed E-state index contributed by atoms with van der Waals surface area (Å²) in [6.07, 6.45) is 4.51. The largest absolute Gasteiger partial charge is 0.493 e. The van der Waals surface area contributed by atoms with Gasteiger partial charge in [0.15, 0.2) is 11.5 Å². The second kappa shape index (κ2) is 7.64. The van der Waals surface area contributed by atoms with Gasteiger partial charge < -0.3 is 14.0 Å². The third-order valence-corrected chi connectivity index (χ3v) is 5.45. The van der Waals surface area contributed by atoms with Gasteiger partial charge in [0, 0.05) is 31.9 Å². The molecule has 0 radical (unpaired) electrons. The lowest BCUT2D eigenvalue weighted by atomic mass is 9.87. The third kappa shape index (κ3) is 3.24. The highest BCUT2D eigenvalue weighted by Gasteiger charge is 2.32. The zero-order chi connectivity index (χ0) is 19.7. The Morgan fingerprint density at radius 1 is 1.11 bits per heavy atom. The second-order valence-electron chi connectivity index (χ2n) is 7.05. The van der Waals surface area contributed by atoms with Crippen LogP contribution in [-0.4, -0.2) is 35.2 Å². The Balaban J connectivity index is 1.83. The number of benzene rings is 2. The van der Waals surface area contributed by atoms with Crippen LogP contribution in [0.3, 0.4) is 0 Å². The maximum atomic E-state index is 14.8. The topological polar surface area (TPSA) is 39.5 Å². The molecule has 4 rings (SSSR count). The Labute approximate surface area is 164 Å². The molecule has 146 valence electrons. The van der Waals surface area contributed by atoms with Gasteiger partial charge in [-0.15, -0.1) is 0 Å². The minimum absolute atomic E-state index is 0.204. The van der Waals surface area contributed by atoms with E-state index < -0.39 is 0 Å². The molecule has 6 heteroatoms. The predicted molar refractivity (Wildman–Crippen MR) is 105 cm³/mol. The highest BCUT2D eigenvalue weighted by atomic mass is 19.1. The molecule has 1 unspecified atom stereocenters. The van der Waals surface area contributed by atoms with Crippen molar-refractivity contribution in [2.75, 3.05) is 20.8 Å². The monoisotopic (exact) mass is 381 g/mol. The number of aromatic nitrogens is 2. The zero-order valence-corrected chi connectivity index (χ0v) is 16.4. The van der Waals surface area contributed by atoms with Gasteiger partial charge in [-0.1, -0.05) is 18.2 Å². The molecule has 2 heterocycles. The highest BCUT2D eigenvalue weighted by molar-refractivity contribution is 5.51. The van der Waals surface area contributed by atoms with Gasteiger partial charge in [0.25, 0.3) is 0 Å². The van der Waals surface area contributed by atoms with E-state index in [4.69, 9.17) is 9.47 Å². The van der Waals surface area contributed by atoms with Gasteiger partial charge in [-0.25, -0.2) is 9.37 Å². The number of nitrogens with zero attached hydrogens (tertiary/aromatic N) is 3. The fourth-order valence-electron chi connectivity index (χ4n) is 3.97. The summed E-state index contributed by atoms with van der Waals surface area (Å²) in [6.45, 7) is 1.50. The van der Waals surface area contributed by atoms with Crippen LogP contribution in [-0.2, 0) is 20.0 Å². The van der Waals surface area contributed by atoms with Crippen molar-refractivity contribution >= 4 is 0 Å². The quantitative estimate of drug-likeness (QED) is 0.675. The smallest absolute Gasteiger partial charge is 0.161 e. The molecular formula is C22H24FN3O2. The van der Waals surface area contributed by atoms with Gasteiger partial charge in [0.2, 0.25) is 0 Å². The molecule has 1 atom stereocenters. The summed E-state index contributed by atoms with van der Waals surface area (Å²) >= 11 is 0. The highest BCUT2D eigenvalue weighted by Crippen LogP contribution is 2.42. The van der Waals surface area contributed by atoms with Gasteiger partial charge >= 0.3 is 0 Å². The van der Waals surface area contributed by atoms with E-state index in [1.807, 2.05) is 42.1 Å². The van der Waals surface area contributed by atoms with Gasteiger partial charge in [0.1, 0.15) is 5.82 Å². The standard InChI is InChI=1S/C22H24FN3O2/c1-25-14-24-12-16(25)13-26-9-8-15-10-20(27-2)21(28-3)11-18(15)22(26)17-6-4-5-7-19(17)23/h4-7,10-12,14,22H,8-9,13H2,1-3H3. The van der Waals surface area contributed by atoms with E-state index in [-0.39, 0.29) is 11.9 Å². The van der Waals surface area contributed by atoms with Gasteiger partial charge in [-0.2, -0.15) is 0 Å². The fourth-order valence-corrected chi connectivity index (χ4v) is 3.97. The molecule has 0 aliphatic carbocycles. The van der Waals surface area contributed by atoms with Gasteiger partial charge in [0.05, 0.1) is 32.3 Å². The molecular weight excluding hydrogens is 357 g/mol. The summed E-state index contributed by atoms with van der Waals surface area (Å²) in [5, 5.41) is 0. The van der Waals surface area contributed by atoms with Crippen molar-refractivity contribution in [3.8, 4) is 11.5 Å². The van der Waals surface area contributed by atoms with Crippen LogP contribution < -0.4 is 9.47 Å². The summed E-state index contributed by atoms with van der Waals surface area (Å²) in [4.78, 5) is 6.52. The number of ether oxygens (including phenoxy) is 2. The first-order chi connectivity index (χ1) is 13.6. The number of imidazole rings is 1. The summed E-state index contributed by atoms with van der Waals surface area (Å²) in [6, 6.07) is 10.8. The molecule has 0 amide bonds. The first kappa shape index (κ1) is 18.5. The Hall–Kier alpha value is -2.86. The maximum absolute atomic E-state index is 14.8. The molecule has 0 saturated heterocycles. The lowest BCUT2D eigenvalue weighted by Crippen LogP contribution is -2.36. The first-order valence-corrected chi connectivity index (χ1v) is 9.30. The average molecular weight is 381 g/mol. The number of fused-ring (bicyclic) bond motifs is 1. The van der Waals surface area contributed by atoms with Crippen molar-refractivity contribution in [2.45, 2.75) is 19.0 Å². The summed E-state index contributed by atoms with van der Waals surface area (Å²) in [5.74, 6) is 1.16. The molecule has 1 aliphatic rings. The predicted octanol–water partition coefficient (Wildman–Crippen LogP) is 3.72. The first-order valence-electron chi connectivity index (χ1n) is 9.30. The second-order valence-corrected chi connectivity index (χ2v) is 7.05. The minimum atomic E-state index is -0.209. The van der Waals surface area contributed by atoms with Crippen molar-refractivity contribution in [1.29, 1.82) is 0 Å². The number of hydrogen-bond acceptors (Lipinski definition) is 4. The van der Waals surface area contributed by atoms with Crippen LogP contribution in [0.25, 0.3) is 0 Å². The van der Waals surface area contributed by atoms with E-state index in [1.165, 1.54) is 6.07 Å². The Morgan fingerprint density at radius 3 is 2.54 bits per heavy atom. The van der Waals surface area contributed by atoms with Crippen LogP contribution in [0.1, 0.15) is 28.4 Å². The van der Waals surface area contributed by atoms with Crippen molar-refractivity contribution in [1.82, 2.24) is 14.5 Å². The third-order valence-electron chi connectivity index (χ3n) is 5.45. The molecule has 0 bridgehead atoms. The van der Waals surface area contributed by atoms with E-state index in [9.17, 15) is 4.39 Å². The Kier molecular flexibility index (Phi) is 5.05. The van der Waals surface area contributed by atoms with Gasteiger partial charge in [-0.05, 0) is 35.7 Å². The normalized spacial score (nSPS) is 16.6. The molecule has 0 fully saturated rings. The molecule has 2 aromatic carbocycles. The van der Waals surface area contributed by atoms with Gasteiger partial charge in [-0.3, -0.25) is 4.90 Å². The fraction of sp³-hybridized carbons (Fsp3) is 0.318. The van der Waals surface area contributed by atoms with E-state index >= 15 is 0 Å². The molecule has 28 heavy (non-hydrogen) atoms. The molecule has 3 aromatic rings. The molecule has 1 aliphatic heterocycles. The number of hydrogen-bond donors (Lipinski definition) is 0. The summed E-state index contributed by atoms with van der Waals surface area (Å²) in [5.41, 5.74) is 3.96. The van der Waals surface area contributed by atoms with Crippen LogP contribution in [0.4, 0.5) is 4.39 Å². The average Bonchev–Trinajstić information content (AvgIpc) is 3.12. The number of rotatable bonds is 5. The lowest BCUT2D eigenvalue weighted by Gasteiger charge is -2.38. The van der Waals surface area contributed by atoms with Crippen LogP contribution in [0.2, 0.25) is 0 Å². The Morgan fingerprint density at radius 2 is 1.86 bits per heavy atom. The minimum Gasteiger partial charge on any atom is -0.493 e. The summed E-state index contributed by atoms with van der Waals surface area (Å²) < 4.78 is 27.8. The van der Waals surface area contributed by atoms with E-state index in [1.54, 1.807) is 26.6 Å². The van der Waals surface area contributed by atoms with Crippen LogP contribution in [0, 0.1) is 5.82 Å².